The minimum absolute atomic E-state index is 0.0520. The molecule has 0 spiro atoms. The molecule has 17 heavy (non-hydrogen) atoms. The Morgan fingerprint density at radius 1 is 1.24 bits per heavy atom. The third-order valence-electron chi connectivity index (χ3n) is 2.54. The Morgan fingerprint density at radius 3 is 2.35 bits per heavy atom. The summed E-state index contributed by atoms with van der Waals surface area (Å²) < 4.78 is 36.6. The predicted molar refractivity (Wildman–Crippen MR) is 66.3 cm³/mol. The van der Waals surface area contributed by atoms with Crippen LogP contribution >= 0.6 is 11.8 Å². The van der Waals surface area contributed by atoms with E-state index in [0.29, 0.717) is 5.92 Å². The quantitative estimate of drug-likeness (QED) is 0.672. The number of thioether (sulfide) groups is 1. The number of halogens is 3. The van der Waals surface area contributed by atoms with E-state index in [2.05, 4.69) is 13.8 Å². The summed E-state index contributed by atoms with van der Waals surface area (Å²) in [6.07, 6.45) is 1.99. The van der Waals surface area contributed by atoms with Crippen molar-refractivity contribution in [3.63, 3.8) is 0 Å². The smallest absolute Gasteiger partial charge is 0.160 e. The standard InChI is InChI=1S/C13H17F3S/c1-9(2)4-5-11-6-7-12(8-10(11)3)17-13(14,15)16/h6-9H,4-5H2,1-3H3. The maximum atomic E-state index is 12.2. The van der Waals surface area contributed by atoms with Gasteiger partial charge < -0.3 is 0 Å². The van der Waals surface area contributed by atoms with Gasteiger partial charge in [-0.25, -0.2) is 0 Å². The zero-order valence-electron chi connectivity index (χ0n) is 10.3. The third kappa shape index (κ3) is 5.48. The van der Waals surface area contributed by atoms with Crippen LogP contribution in [0.4, 0.5) is 13.2 Å². The molecule has 0 unspecified atom stereocenters. The van der Waals surface area contributed by atoms with Crippen LogP contribution in [-0.2, 0) is 6.42 Å². The van der Waals surface area contributed by atoms with Crippen molar-refractivity contribution in [1.29, 1.82) is 0 Å². The van der Waals surface area contributed by atoms with Gasteiger partial charge in [0.25, 0.3) is 0 Å². The van der Waals surface area contributed by atoms with Crippen LogP contribution in [-0.4, -0.2) is 5.51 Å². The Morgan fingerprint density at radius 2 is 1.88 bits per heavy atom. The van der Waals surface area contributed by atoms with Gasteiger partial charge in [-0.1, -0.05) is 19.9 Å². The van der Waals surface area contributed by atoms with Crippen LogP contribution in [0.25, 0.3) is 0 Å². The molecule has 0 amide bonds. The van der Waals surface area contributed by atoms with Gasteiger partial charge in [-0.05, 0) is 60.7 Å². The number of rotatable bonds is 4. The van der Waals surface area contributed by atoms with Crippen LogP contribution in [0.3, 0.4) is 0 Å². The molecule has 0 aliphatic carbocycles. The molecule has 1 aromatic rings. The maximum Gasteiger partial charge on any atom is 0.446 e. The fourth-order valence-electron chi connectivity index (χ4n) is 1.59. The second kappa shape index (κ2) is 5.80. The van der Waals surface area contributed by atoms with Crippen LogP contribution < -0.4 is 0 Å². The molecule has 0 heterocycles. The highest BCUT2D eigenvalue weighted by atomic mass is 32.2. The van der Waals surface area contributed by atoms with Crippen LogP contribution in [0.15, 0.2) is 23.1 Å². The Hall–Kier alpha value is -0.640. The van der Waals surface area contributed by atoms with E-state index in [-0.39, 0.29) is 16.7 Å². The average molecular weight is 262 g/mol. The largest absolute Gasteiger partial charge is 0.446 e. The van der Waals surface area contributed by atoms with E-state index in [1.54, 1.807) is 12.1 Å². The molecule has 0 bridgehead atoms. The van der Waals surface area contributed by atoms with E-state index < -0.39 is 5.51 Å². The third-order valence-corrected chi connectivity index (χ3v) is 3.26. The number of hydrogen-bond acceptors (Lipinski definition) is 1. The molecule has 0 aliphatic rings. The Bertz CT molecular complexity index is 369. The molecule has 0 aliphatic heterocycles. The molecule has 1 aromatic carbocycles. The Labute approximate surface area is 105 Å². The van der Waals surface area contributed by atoms with E-state index in [1.807, 2.05) is 13.0 Å². The normalized spacial score (nSPS) is 12.2. The zero-order chi connectivity index (χ0) is 13.1. The monoisotopic (exact) mass is 262 g/mol. The molecule has 4 heteroatoms. The van der Waals surface area contributed by atoms with Crippen molar-refractivity contribution in [3.8, 4) is 0 Å². The minimum Gasteiger partial charge on any atom is -0.160 e. The lowest BCUT2D eigenvalue weighted by molar-refractivity contribution is -0.0328. The van der Waals surface area contributed by atoms with Crippen LogP contribution in [0.2, 0.25) is 0 Å². The number of aryl methyl sites for hydroxylation is 2. The summed E-state index contributed by atoms with van der Waals surface area (Å²) in [7, 11) is 0. The van der Waals surface area contributed by atoms with Crippen molar-refractivity contribution in [2.24, 2.45) is 5.92 Å². The first-order valence-electron chi connectivity index (χ1n) is 5.63. The molecule has 96 valence electrons. The first-order chi connectivity index (χ1) is 7.78. The molecule has 0 aromatic heterocycles. The molecule has 0 radical (unpaired) electrons. The van der Waals surface area contributed by atoms with Crippen molar-refractivity contribution in [3.05, 3.63) is 29.3 Å². The summed E-state index contributed by atoms with van der Waals surface area (Å²) in [5, 5.41) is 0. The lowest BCUT2D eigenvalue weighted by Crippen LogP contribution is -2.00. The van der Waals surface area contributed by atoms with E-state index in [0.717, 1.165) is 24.0 Å². The molecular weight excluding hydrogens is 245 g/mol. The molecular formula is C13H17F3S. The molecule has 0 saturated carbocycles. The molecule has 0 saturated heterocycles. The first-order valence-corrected chi connectivity index (χ1v) is 6.45. The fraction of sp³-hybridized carbons (Fsp3) is 0.538. The lowest BCUT2D eigenvalue weighted by atomic mass is 9.99. The van der Waals surface area contributed by atoms with Crippen LogP contribution in [0.5, 0.6) is 0 Å². The lowest BCUT2D eigenvalue weighted by Gasteiger charge is -2.11. The van der Waals surface area contributed by atoms with Crippen molar-refractivity contribution < 1.29 is 13.2 Å². The van der Waals surface area contributed by atoms with Crippen LogP contribution in [0.1, 0.15) is 31.4 Å². The summed E-state index contributed by atoms with van der Waals surface area (Å²) >= 11 is -0.0520. The Kier molecular flexibility index (Phi) is 4.92. The topological polar surface area (TPSA) is 0 Å². The predicted octanol–water partition coefficient (Wildman–Crippen LogP) is 5.20. The van der Waals surface area contributed by atoms with Gasteiger partial charge >= 0.3 is 5.51 Å². The van der Waals surface area contributed by atoms with Gasteiger partial charge in [0.15, 0.2) is 0 Å². The van der Waals surface area contributed by atoms with Crippen LogP contribution in [0, 0.1) is 12.8 Å². The van der Waals surface area contributed by atoms with Gasteiger partial charge in [-0.15, -0.1) is 0 Å². The van der Waals surface area contributed by atoms with E-state index in [9.17, 15) is 13.2 Å². The highest BCUT2D eigenvalue weighted by Gasteiger charge is 2.29. The average Bonchev–Trinajstić information content (AvgIpc) is 2.13. The highest BCUT2D eigenvalue weighted by Crippen LogP contribution is 2.37. The fourth-order valence-corrected chi connectivity index (χ4v) is 2.23. The second-order valence-electron chi connectivity index (χ2n) is 4.57. The van der Waals surface area contributed by atoms with E-state index in [1.165, 1.54) is 0 Å². The summed E-state index contributed by atoms with van der Waals surface area (Å²) in [5.41, 5.74) is -2.11. The van der Waals surface area contributed by atoms with Crippen molar-refractivity contribution in [2.45, 2.75) is 44.0 Å². The van der Waals surface area contributed by atoms with Gasteiger partial charge in [0.1, 0.15) is 0 Å². The number of benzene rings is 1. The molecule has 0 N–H and O–H groups in total. The second-order valence-corrected chi connectivity index (χ2v) is 5.71. The maximum absolute atomic E-state index is 12.2. The van der Waals surface area contributed by atoms with Crippen molar-refractivity contribution >= 4 is 11.8 Å². The van der Waals surface area contributed by atoms with Gasteiger partial charge in [0.05, 0.1) is 0 Å². The summed E-state index contributed by atoms with van der Waals surface area (Å²) in [6, 6.07) is 4.99. The Balaban J connectivity index is 2.72. The minimum atomic E-state index is -4.20. The molecule has 0 fully saturated rings. The van der Waals surface area contributed by atoms with Gasteiger partial charge in [0.2, 0.25) is 0 Å². The van der Waals surface area contributed by atoms with Gasteiger partial charge in [0, 0.05) is 4.90 Å². The molecule has 0 nitrogen and oxygen atoms in total. The molecule has 1 rings (SSSR count). The SMILES string of the molecule is Cc1cc(SC(F)(F)F)ccc1CCC(C)C. The summed E-state index contributed by atoms with van der Waals surface area (Å²) in [6.45, 7) is 6.16. The van der Waals surface area contributed by atoms with Crippen molar-refractivity contribution in [2.75, 3.05) is 0 Å². The summed E-state index contributed by atoms with van der Waals surface area (Å²) in [5.74, 6) is 0.610. The van der Waals surface area contributed by atoms with Gasteiger partial charge in [-0.3, -0.25) is 0 Å². The highest BCUT2D eigenvalue weighted by molar-refractivity contribution is 8.00. The number of hydrogen-bond donors (Lipinski definition) is 0. The van der Waals surface area contributed by atoms with Gasteiger partial charge in [-0.2, -0.15) is 13.2 Å². The summed E-state index contributed by atoms with van der Waals surface area (Å²) in [4.78, 5) is 0.267. The first kappa shape index (κ1) is 14.4. The van der Waals surface area contributed by atoms with E-state index >= 15 is 0 Å². The number of alkyl halides is 3. The van der Waals surface area contributed by atoms with E-state index in [4.69, 9.17) is 0 Å². The zero-order valence-corrected chi connectivity index (χ0v) is 11.1. The van der Waals surface area contributed by atoms with Crippen molar-refractivity contribution in [1.82, 2.24) is 0 Å². The molecule has 0 atom stereocenters.